The number of nitrogens with two attached hydrogens (primary N) is 1. The third kappa shape index (κ3) is 4.77. The van der Waals surface area contributed by atoms with Crippen LogP contribution in [0.25, 0.3) is 0 Å². The molecule has 0 atom stereocenters. The number of methoxy groups -OCH3 is 1. The number of ether oxygens (including phenoxy) is 1. The highest BCUT2D eigenvalue weighted by molar-refractivity contribution is 6.03. The molecular formula is C20H24N4O3. The molecule has 0 bridgehead atoms. The molecule has 0 aromatic heterocycles. The molecule has 1 saturated heterocycles. The van der Waals surface area contributed by atoms with Gasteiger partial charge < -0.3 is 20.7 Å². The van der Waals surface area contributed by atoms with Crippen molar-refractivity contribution in [3.05, 3.63) is 54.1 Å². The van der Waals surface area contributed by atoms with Gasteiger partial charge in [0.25, 0.3) is 5.91 Å². The molecule has 1 heterocycles. The lowest BCUT2D eigenvalue weighted by Gasteiger charge is -2.35. The van der Waals surface area contributed by atoms with E-state index in [4.69, 9.17) is 10.5 Å². The minimum absolute atomic E-state index is 0.154. The summed E-state index contributed by atoms with van der Waals surface area (Å²) in [5.74, 6) is 0.124. The molecule has 27 heavy (non-hydrogen) atoms. The van der Waals surface area contributed by atoms with Crippen LogP contribution < -0.4 is 20.7 Å². The van der Waals surface area contributed by atoms with Gasteiger partial charge in [-0.2, -0.15) is 0 Å². The van der Waals surface area contributed by atoms with E-state index in [-0.39, 0.29) is 12.5 Å². The largest absolute Gasteiger partial charge is 0.497 e. The number of benzene rings is 2. The molecule has 0 aliphatic carbocycles. The zero-order valence-electron chi connectivity index (χ0n) is 15.4. The number of hydrogen-bond donors (Lipinski definition) is 2. The number of amides is 2. The third-order valence-electron chi connectivity index (χ3n) is 4.62. The van der Waals surface area contributed by atoms with Crippen molar-refractivity contribution in [2.24, 2.45) is 5.73 Å². The lowest BCUT2D eigenvalue weighted by Crippen LogP contribution is -2.48. The molecule has 1 aliphatic heterocycles. The number of primary amides is 1. The molecule has 1 fully saturated rings. The molecule has 2 amide bonds. The number of hydrogen-bond acceptors (Lipinski definition) is 5. The maximum absolute atomic E-state index is 12.4. The molecule has 142 valence electrons. The van der Waals surface area contributed by atoms with Crippen molar-refractivity contribution in [3.63, 3.8) is 0 Å². The molecule has 3 N–H and O–H groups in total. The molecule has 1 aliphatic rings. The van der Waals surface area contributed by atoms with Crippen molar-refractivity contribution in [2.75, 3.05) is 50.1 Å². The second kappa shape index (κ2) is 8.55. The third-order valence-corrected chi connectivity index (χ3v) is 4.62. The Bertz CT molecular complexity index is 816. The van der Waals surface area contributed by atoms with E-state index in [1.165, 1.54) is 0 Å². The Kier molecular flexibility index (Phi) is 5.93. The number of para-hydroxylation sites is 1. The van der Waals surface area contributed by atoms with Gasteiger partial charge in [-0.05, 0) is 24.3 Å². The monoisotopic (exact) mass is 368 g/mol. The van der Waals surface area contributed by atoms with Gasteiger partial charge in [0.2, 0.25) is 5.91 Å². The van der Waals surface area contributed by atoms with Gasteiger partial charge in [-0.1, -0.05) is 18.2 Å². The van der Waals surface area contributed by atoms with Gasteiger partial charge in [0.1, 0.15) is 5.75 Å². The van der Waals surface area contributed by atoms with Crippen LogP contribution in [-0.4, -0.2) is 56.5 Å². The molecule has 3 rings (SSSR count). The van der Waals surface area contributed by atoms with Gasteiger partial charge in [0.05, 0.1) is 24.9 Å². The van der Waals surface area contributed by atoms with Crippen LogP contribution in [0.3, 0.4) is 0 Å². The van der Waals surface area contributed by atoms with Gasteiger partial charge in [-0.3, -0.25) is 14.5 Å². The summed E-state index contributed by atoms with van der Waals surface area (Å²) in [5.41, 5.74) is 7.23. The smallest absolute Gasteiger partial charge is 0.250 e. The molecule has 0 radical (unpaired) electrons. The Morgan fingerprint density at radius 1 is 1.07 bits per heavy atom. The first kappa shape index (κ1) is 18.7. The van der Waals surface area contributed by atoms with Gasteiger partial charge in [-0.25, -0.2) is 0 Å². The molecular weight excluding hydrogens is 344 g/mol. The number of carbonyl (C=O) groups excluding carboxylic acids is 2. The van der Waals surface area contributed by atoms with Crippen LogP contribution in [0.5, 0.6) is 5.75 Å². The first-order valence-electron chi connectivity index (χ1n) is 8.87. The Morgan fingerprint density at radius 3 is 2.52 bits per heavy atom. The van der Waals surface area contributed by atoms with E-state index in [9.17, 15) is 9.59 Å². The van der Waals surface area contributed by atoms with Gasteiger partial charge in [0, 0.05) is 37.9 Å². The van der Waals surface area contributed by atoms with Gasteiger partial charge in [0.15, 0.2) is 0 Å². The first-order valence-corrected chi connectivity index (χ1v) is 8.87. The molecule has 0 unspecified atom stereocenters. The lowest BCUT2D eigenvalue weighted by molar-refractivity contribution is -0.117. The highest BCUT2D eigenvalue weighted by Gasteiger charge is 2.20. The summed E-state index contributed by atoms with van der Waals surface area (Å²) >= 11 is 0. The van der Waals surface area contributed by atoms with E-state index in [0.717, 1.165) is 37.6 Å². The molecule has 7 heteroatoms. The normalized spacial score (nSPS) is 14.6. The summed E-state index contributed by atoms with van der Waals surface area (Å²) in [5, 5.41) is 2.79. The summed E-state index contributed by atoms with van der Waals surface area (Å²) in [6.07, 6.45) is 0. The zero-order chi connectivity index (χ0) is 19.2. The first-order chi connectivity index (χ1) is 13.1. The fraction of sp³-hybridized carbons (Fsp3) is 0.300. The van der Waals surface area contributed by atoms with Crippen molar-refractivity contribution in [2.45, 2.75) is 0 Å². The number of rotatable bonds is 6. The quantitative estimate of drug-likeness (QED) is 0.808. The van der Waals surface area contributed by atoms with Crippen LogP contribution in [0.2, 0.25) is 0 Å². The zero-order valence-corrected chi connectivity index (χ0v) is 15.4. The Labute approximate surface area is 158 Å². The summed E-state index contributed by atoms with van der Waals surface area (Å²) in [6.45, 7) is 3.50. The van der Waals surface area contributed by atoms with Crippen LogP contribution >= 0.6 is 0 Å². The van der Waals surface area contributed by atoms with E-state index in [2.05, 4.69) is 21.2 Å². The van der Waals surface area contributed by atoms with E-state index in [0.29, 0.717) is 11.3 Å². The summed E-state index contributed by atoms with van der Waals surface area (Å²) in [6, 6.07) is 14.7. The van der Waals surface area contributed by atoms with Crippen LogP contribution in [0.4, 0.5) is 11.4 Å². The van der Waals surface area contributed by atoms with Crippen LogP contribution in [-0.2, 0) is 4.79 Å². The maximum atomic E-state index is 12.4. The lowest BCUT2D eigenvalue weighted by atomic mass is 10.1. The Hall–Kier alpha value is -3.06. The predicted octanol–water partition coefficient (Wildman–Crippen LogP) is 1.55. The van der Waals surface area contributed by atoms with E-state index in [1.54, 1.807) is 31.4 Å². The average molecular weight is 368 g/mol. The molecule has 0 spiro atoms. The summed E-state index contributed by atoms with van der Waals surface area (Å²) in [4.78, 5) is 28.2. The van der Waals surface area contributed by atoms with Gasteiger partial charge in [-0.15, -0.1) is 0 Å². The fourth-order valence-corrected chi connectivity index (χ4v) is 3.17. The second-order valence-electron chi connectivity index (χ2n) is 6.42. The number of nitrogens with one attached hydrogen (secondary N) is 1. The maximum Gasteiger partial charge on any atom is 0.250 e. The summed E-state index contributed by atoms with van der Waals surface area (Å²) in [7, 11) is 1.66. The SMILES string of the molecule is COc1cccc(N2CCN(CC(=O)Nc3ccccc3C(N)=O)CC2)c1. The molecule has 2 aromatic rings. The van der Waals surface area contributed by atoms with Crippen LogP contribution in [0.1, 0.15) is 10.4 Å². The van der Waals surface area contributed by atoms with E-state index < -0.39 is 5.91 Å². The standard InChI is InChI=1S/C20H24N4O3/c1-27-16-6-4-5-15(13-16)24-11-9-23(10-12-24)14-19(25)22-18-8-3-2-7-17(18)20(21)26/h2-8,13H,9-12,14H2,1H3,(H2,21,26)(H,22,25). The van der Waals surface area contributed by atoms with Crippen LogP contribution in [0, 0.1) is 0 Å². The van der Waals surface area contributed by atoms with Crippen molar-refractivity contribution >= 4 is 23.2 Å². The molecule has 0 saturated carbocycles. The molecule has 7 nitrogen and oxygen atoms in total. The van der Waals surface area contributed by atoms with E-state index >= 15 is 0 Å². The Morgan fingerprint density at radius 2 is 1.81 bits per heavy atom. The minimum atomic E-state index is -0.558. The van der Waals surface area contributed by atoms with E-state index in [1.807, 2.05) is 18.2 Å². The van der Waals surface area contributed by atoms with Crippen molar-refractivity contribution in [1.29, 1.82) is 0 Å². The summed E-state index contributed by atoms with van der Waals surface area (Å²) < 4.78 is 5.28. The fourth-order valence-electron chi connectivity index (χ4n) is 3.17. The number of piperazine rings is 1. The number of nitrogens with zero attached hydrogens (tertiary/aromatic N) is 2. The average Bonchev–Trinajstić information content (AvgIpc) is 2.69. The minimum Gasteiger partial charge on any atom is -0.497 e. The van der Waals surface area contributed by atoms with Crippen molar-refractivity contribution in [1.82, 2.24) is 4.90 Å². The van der Waals surface area contributed by atoms with Crippen molar-refractivity contribution in [3.8, 4) is 5.75 Å². The van der Waals surface area contributed by atoms with Gasteiger partial charge >= 0.3 is 0 Å². The topological polar surface area (TPSA) is 87.9 Å². The predicted molar refractivity (Wildman–Crippen MR) is 105 cm³/mol. The highest BCUT2D eigenvalue weighted by Crippen LogP contribution is 2.22. The second-order valence-corrected chi connectivity index (χ2v) is 6.42. The molecule has 2 aromatic carbocycles. The van der Waals surface area contributed by atoms with Crippen LogP contribution in [0.15, 0.2) is 48.5 Å². The number of anilines is 2. The highest BCUT2D eigenvalue weighted by atomic mass is 16.5. The van der Waals surface area contributed by atoms with Crippen molar-refractivity contribution < 1.29 is 14.3 Å². The Balaban J connectivity index is 1.53. The number of carbonyl (C=O) groups is 2.